The van der Waals surface area contributed by atoms with Gasteiger partial charge in [-0.2, -0.15) is 0 Å². The van der Waals surface area contributed by atoms with Crippen LogP contribution in [0, 0.1) is 10.1 Å². The van der Waals surface area contributed by atoms with E-state index in [1.807, 2.05) is 0 Å². The zero-order valence-corrected chi connectivity index (χ0v) is 8.80. The lowest BCUT2D eigenvalue weighted by atomic mass is 10.2. The minimum Gasteiger partial charge on any atom is -0.394 e. The number of hydrogen-bond acceptors (Lipinski definition) is 6. The Kier molecular flexibility index (Phi) is 4.03. The quantitative estimate of drug-likeness (QED) is 0.333. The van der Waals surface area contributed by atoms with Crippen LogP contribution in [0.2, 0.25) is 0 Å². The number of para-hydroxylation sites is 1. The van der Waals surface area contributed by atoms with Crippen LogP contribution in [0.3, 0.4) is 0 Å². The Morgan fingerprint density at radius 3 is 2.69 bits per heavy atom. The van der Waals surface area contributed by atoms with Crippen LogP contribution in [0.1, 0.15) is 6.92 Å². The second-order valence-electron chi connectivity index (χ2n) is 3.33. The maximum Gasteiger partial charge on any atom is 0.316 e. The lowest BCUT2D eigenvalue weighted by Crippen LogP contribution is -2.20. The molecule has 0 aliphatic rings. The minimum atomic E-state index is -0.526. The molecule has 0 saturated heterocycles. The molecule has 0 spiro atoms. The molecule has 1 aromatic carbocycles. The van der Waals surface area contributed by atoms with E-state index in [0.717, 1.165) is 0 Å². The number of rotatable bonds is 5. The average molecular weight is 226 g/mol. The second kappa shape index (κ2) is 5.29. The number of nitrogen functional groups attached to an aromatic ring is 1. The third kappa shape index (κ3) is 2.59. The molecule has 0 bridgehead atoms. The highest BCUT2D eigenvalue weighted by Crippen LogP contribution is 2.32. The molecule has 1 atom stereocenters. The third-order valence-electron chi connectivity index (χ3n) is 2.05. The van der Waals surface area contributed by atoms with Gasteiger partial charge in [-0.3, -0.25) is 16.0 Å². The van der Waals surface area contributed by atoms with Gasteiger partial charge >= 0.3 is 5.69 Å². The van der Waals surface area contributed by atoms with Gasteiger partial charge in [0.1, 0.15) is 11.4 Å². The SMILES string of the molecule is CC(CO)Nc1cccc(NN)c1[N+](=O)[O-]. The Morgan fingerprint density at radius 1 is 1.56 bits per heavy atom. The molecule has 0 heterocycles. The molecule has 1 rings (SSSR count). The standard InChI is InChI=1S/C9H14N4O3/c1-6(5-14)11-7-3-2-4-8(12-10)9(7)13(15)16/h2-4,6,11-12,14H,5,10H2,1H3. The van der Waals surface area contributed by atoms with Crippen molar-refractivity contribution in [2.75, 3.05) is 17.3 Å². The van der Waals surface area contributed by atoms with Gasteiger partial charge in [0.25, 0.3) is 0 Å². The molecule has 0 fully saturated rings. The topological polar surface area (TPSA) is 113 Å². The fraction of sp³-hybridized carbons (Fsp3) is 0.333. The summed E-state index contributed by atoms with van der Waals surface area (Å²) in [5, 5.41) is 22.6. The van der Waals surface area contributed by atoms with Gasteiger partial charge in [0.05, 0.1) is 11.5 Å². The highest BCUT2D eigenvalue weighted by atomic mass is 16.6. The van der Waals surface area contributed by atoms with Gasteiger partial charge in [-0.15, -0.1) is 0 Å². The van der Waals surface area contributed by atoms with E-state index in [9.17, 15) is 10.1 Å². The van der Waals surface area contributed by atoms with Crippen LogP contribution in [-0.4, -0.2) is 22.7 Å². The van der Waals surface area contributed by atoms with E-state index in [1.165, 1.54) is 6.07 Å². The molecule has 0 aliphatic heterocycles. The summed E-state index contributed by atoms with van der Waals surface area (Å²) in [6.07, 6.45) is 0. The second-order valence-corrected chi connectivity index (χ2v) is 3.33. The van der Waals surface area contributed by atoms with E-state index < -0.39 is 4.92 Å². The van der Waals surface area contributed by atoms with Crippen molar-refractivity contribution in [1.82, 2.24) is 0 Å². The first-order chi connectivity index (χ1) is 7.60. The number of nitrogens with two attached hydrogens (primary N) is 1. The predicted octanol–water partition coefficient (Wildman–Crippen LogP) is 0.673. The Hall–Kier alpha value is -1.86. The van der Waals surface area contributed by atoms with E-state index in [-0.39, 0.29) is 24.0 Å². The number of nitro groups is 1. The van der Waals surface area contributed by atoms with Crippen molar-refractivity contribution >= 4 is 17.1 Å². The van der Waals surface area contributed by atoms with Crippen LogP contribution in [0.5, 0.6) is 0 Å². The average Bonchev–Trinajstić information content (AvgIpc) is 2.28. The maximum atomic E-state index is 10.9. The normalized spacial score (nSPS) is 11.9. The van der Waals surface area contributed by atoms with Gasteiger partial charge < -0.3 is 15.8 Å². The van der Waals surface area contributed by atoms with Crippen LogP contribution < -0.4 is 16.6 Å². The van der Waals surface area contributed by atoms with Crippen molar-refractivity contribution in [2.24, 2.45) is 5.84 Å². The van der Waals surface area contributed by atoms with Crippen molar-refractivity contribution in [1.29, 1.82) is 0 Å². The Bertz CT molecular complexity index is 383. The molecule has 7 nitrogen and oxygen atoms in total. The summed E-state index contributed by atoms with van der Waals surface area (Å²) < 4.78 is 0. The van der Waals surface area contributed by atoms with Crippen LogP contribution in [0.25, 0.3) is 0 Å². The highest BCUT2D eigenvalue weighted by Gasteiger charge is 2.19. The van der Waals surface area contributed by atoms with Gasteiger partial charge in [0.15, 0.2) is 0 Å². The van der Waals surface area contributed by atoms with Crippen LogP contribution >= 0.6 is 0 Å². The van der Waals surface area contributed by atoms with E-state index in [4.69, 9.17) is 10.9 Å². The summed E-state index contributed by atoms with van der Waals surface area (Å²) >= 11 is 0. The largest absolute Gasteiger partial charge is 0.394 e. The molecule has 5 N–H and O–H groups in total. The number of nitro benzene ring substituents is 1. The number of nitrogens with zero attached hydrogens (tertiary/aromatic N) is 1. The Morgan fingerprint density at radius 2 is 2.19 bits per heavy atom. The first-order valence-corrected chi connectivity index (χ1v) is 4.71. The third-order valence-corrected chi connectivity index (χ3v) is 2.05. The molecule has 1 aromatic rings. The van der Waals surface area contributed by atoms with Crippen molar-refractivity contribution in [2.45, 2.75) is 13.0 Å². The van der Waals surface area contributed by atoms with Gasteiger partial charge in [0, 0.05) is 6.04 Å². The molecule has 1 unspecified atom stereocenters. The summed E-state index contributed by atoms with van der Waals surface area (Å²) in [5.41, 5.74) is 2.67. The molecule has 0 radical (unpaired) electrons. The summed E-state index contributed by atoms with van der Waals surface area (Å²) in [7, 11) is 0. The van der Waals surface area contributed by atoms with Crippen LogP contribution in [-0.2, 0) is 0 Å². The van der Waals surface area contributed by atoms with E-state index >= 15 is 0 Å². The monoisotopic (exact) mass is 226 g/mol. The van der Waals surface area contributed by atoms with E-state index in [1.54, 1.807) is 19.1 Å². The molecular weight excluding hydrogens is 212 g/mol. The number of hydrazine groups is 1. The summed E-state index contributed by atoms with van der Waals surface area (Å²) in [6, 6.07) is 4.43. The molecule has 0 aromatic heterocycles. The van der Waals surface area contributed by atoms with Crippen molar-refractivity contribution in [3.05, 3.63) is 28.3 Å². The Labute approximate surface area is 92.4 Å². The first-order valence-electron chi connectivity index (χ1n) is 4.71. The van der Waals surface area contributed by atoms with Gasteiger partial charge in [0.2, 0.25) is 0 Å². The summed E-state index contributed by atoms with van der Waals surface area (Å²) in [4.78, 5) is 10.4. The maximum absolute atomic E-state index is 10.9. The molecule has 0 aliphatic carbocycles. The number of benzene rings is 1. The van der Waals surface area contributed by atoms with Crippen LogP contribution in [0.15, 0.2) is 18.2 Å². The molecule has 7 heteroatoms. The molecule has 16 heavy (non-hydrogen) atoms. The zero-order chi connectivity index (χ0) is 12.1. The predicted molar refractivity (Wildman–Crippen MR) is 61.1 cm³/mol. The number of aliphatic hydroxyl groups is 1. The van der Waals surface area contributed by atoms with Crippen LogP contribution in [0.4, 0.5) is 17.1 Å². The number of nitrogens with one attached hydrogen (secondary N) is 2. The zero-order valence-electron chi connectivity index (χ0n) is 8.80. The van der Waals surface area contributed by atoms with Crippen molar-refractivity contribution in [3.8, 4) is 0 Å². The van der Waals surface area contributed by atoms with Gasteiger partial charge in [-0.1, -0.05) is 6.07 Å². The Balaban J connectivity index is 3.12. The number of hydrogen-bond donors (Lipinski definition) is 4. The molecule has 0 amide bonds. The first kappa shape index (κ1) is 12.2. The lowest BCUT2D eigenvalue weighted by Gasteiger charge is -2.13. The molecular formula is C9H14N4O3. The summed E-state index contributed by atoms with van der Waals surface area (Å²) in [5.74, 6) is 5.19. The highest BCUT2D eigenvalue weighted by molar-refractivity contribution is 5.75. The van der Waals surface area contributed by atoms with Gasteiger partial charge in [-0.05, 0) is 19.1 Å². The summed E-state index contributed by atoms with van der Waals surface area (Å²) in [6.45, 7) is 1.60. The minimum absolute atomic E-state index is 0.114. The van der Waals surface area contributed by atoms with Crippen molar-refractivity contribution in [3.63, 3.8) is 0 Å². The fourth-order valence-electron chi connectivity index (χ4n) is 1.28. The molecule has 88 valence electrons. The number of aliphatic hydroxyl groups excluding tert-OH is 1. The smallest absolute Gasteiger partial charge is 0.316 e. The van der Waals surface area contributed by atoms with Gasteiger partial charge in [-0.25, -0.2) is 0 Å². The van der Waals surface area contributed by atoms with E-state index in [2.05, 4.69) is 10.7 Å². The number of anilines is 2. The lowest BCUT2D eigenvalue weighted by molar-refractivity contribution is -0.383. The molecule has 0 saturated carbocycles. The van der Waals surface area contributed by atoms with E-state index in [0.29, 0.717) is 5.69 Å². The fourth-order valence-corrected chi connectivity index (χ4v) is 1.28. The van der Waals surface area contributed by atoms with Crippen molar-refractivity contribution < 1.29 is 10.0 Å².